The average Bonchev–Trinajstić information content (AvgIpc) is 3.30. The lowest BCUT2D eigenvalue weighted by atomic mass is 9.58. The zero-order valence-electron chi connectivity index (χ0n) is 37.0. The summed E-state index contributed by atoms with van der Waals surface area (Å²) >= 11 is 4.71. The highest BCUT2D eigenvalue weighted by atomic mass is 127. The highest BCUT2D eigenvalue weighted by Gasteiger charge is 2.55. The molecule has 0 saturated carbocycles. The molecule has 0 saturated heterocycles. The Balaban J connectivity index is 1.68. The van der Waals surface area contributed by atoms with Crippen molar-refractivity contribution in [2.45, 2.75) is 116 Å². The van der Waals surface area contributed by atoms with Crippen LogP contribution in [0.4, 0.5) is 0 Å². The first-order valence-corrected chi connectivity index (χ1v) is 25.2. The van der Waals surface area contributed by atoms with Crippen LogP contribution >= 0.6 is 45.2 Å². The molecule has 0 aliphatic heterocycles. The van der Waals surface area contributed by atoms with E-state index < -0.39 is 11.2 Å². The zero-order chi connectivity index (χ0) is 43.7. The molecule has 7 rings (SSSR count). The number of hydrogen-bond acceptors (Lipinski definition) is 2. The second-order valence-corrected chi connectivity index (χ2v) is 19.6. The molecular weight excluding hydrogens is 982 g/mol. The number of hydrogen-bond donors (Lipinski definition) is 2. The number of halogens is 2. The Bertz CT molecular complexity index is 2140. The van der Waals surface area contributed by atoms with Crippen LogP contribution in [-0.4, -0.2) is 10.2 Å². The van der Waals surface area contributed by atoms with Gasteiger partial charge in [-0.15, -0.1) is 0 Å². The second kappa shape index (κ2) is 21.2. The Hall–Kier alpha value is -3.82. The predicted octanol–water partition coefficient (Wildman–Crippen LogP) is 15.6. The summed E-state index contributed by atoms with van der Waals surface area (Å²) in [4.78, 5) is 0. The van der Waals surface area contributed by atoms with Crippen LogP contribution < -0.4 is 0 Å². The topological polar surface area (TPSA) is 40.5 Å². The first-order valence-electron chi connectivity index (χ1n) is 23.0. The predicted molar refractivity (Wildman–Crippen MR) is 280 cm³/mol. The van der Waals surface area contributed by atoms with Gasteiger partial charge in [0.05, 0.1) is 0 Å². The smallest absolute Gasteiger partial charge is 0.142 e. The van der Waals surface area contributed by atoms with Gasteiger partial charge in [0, 0.05) is 29.4 Å². The van der Waals surface area contributed by atoms with Crippen LogP contribution in [0.2, 0.25) is 0 Å². The van der Waals surface area contributed by atoms with Gasteiger partial charge in [0.15, 0.2) is 0 Å². The molecule has 320 valence electrons. The third-order valence-electron chi connectivity index (χ3n) is 12.7. The van der Waals surface area contributed by atoms with Gasteiger partial charge < -0.3 is 10.2 Å². The third-order valence-corrected chi connectivity index (χ3v) is 14.2. The van der Waals surface area contributed by atoms with Crippen molar-refractivity contribution >= 4 is 67.5 Å². The van der Waals surface area contributed by atoms with Crippen LogP contribution in [-0.2, 0) is 36.9 Å². The van der Waals surface area contributed by atoms with Crippen molar-refractivity contribution in [2.24, 2.45) is 0 Å². The molecule has 0 spiro atoms. The van der Waals surface area contributed by atoms with Gasteiger partial charge in [-0.3, -0.25) is 0 Å². The number of unbranched alkanes of at least 4 members (excludes halogenated alkanes) is 4. The van der Waals surface area contributed by atoms with E-state index in [1.165, 1.54) is 22.3 Å². The number of benzene rings is 6. The summed E-state index contributed by atoms with van der Waals surface area (Å²) in [7, 11) is 0. The van der Waals surface area contributed by atoms with Crippen LogP contribution in [0.25, 0.3) is 22.3 Å². The number of aliphatic hydroxyl groups is 2. The molecule has 4 heteroatoms. The molecule has 0 fully saturated rings. The number of aryl methyl sites for hydroxylation is 4. The van der Waals surface area contributed by atoms with Crippen molar-refractivity contribution in [3.63, 3.8) is 0 Å². The maximum atomic E-state index is 14.7. The fourth-order valence-electron chi connectivity index (χ4n) is 9.22. The lowest BCUT2D eigenvalue weighted by Gasteiger charge is -2.49. The summed E-state index contributed by atoms with van der Waals surface area (Å²) in [5.74, 6) is 0. The highest BCUT2D eigenvalue weighted by molar-refractivity contribution is 14.1. The van der Waals surface area contributed by atoms with E-state index >= 15 is 0 Å². The largest absolute Gasteiger partial charge is 0.376 e. The van der Waals surface area contributed by atoms with Gasteiger partial charge in [0.2, 0.25) is 0 Å². The molecule has 6 aromatic carbocycles. The van der Waals surface area contributed by atoms with E-state index in [-0.39, 0.29) is 0 Å². The number of rotatable bonds is 18. The molecule has 0 amide bonds. The standard InChI is InChI=1S/C58H62I2O2/c1-5-9-13-41-17-25-45(26-18-41)53-54(46-27-19-42(20-28-46)14-10-6-2)58(62,50-35-39-52(60)40-36-50)56(48-31-23-44(24-32-48)16-12-8-4)55(47-29-21-43(22-30-47)15-11-7-3)57(53,61)49-33-37-51(59)38-34-49/h17-40,61-62H,5-16H2,1-4H3. The lowest BCUT2D eigenvalue weighted by Crippen LogP contribution is -2.43. The maximum Gasteiger partial charge on any atom is 0.142 e. The Morgan fingerprint density at radius 2 is 0.532 bits per heavy atom. The van der Waals surface area contributed by atoms with Crippen LogP contribution in [0.15, 0.2) is 146 Å². The fourth-order valence-corrected chi connectivity index (χ4v) is 9.94. The molecule has 0 unspecified atom stereocenters. The van der Waals surface area contributed by atoms with E-state index in [9.17, 15) is 10.2 Å². The van der Waals surface area contributed by atoms with E-state index in [1.54, 1.807) is 0 Å². The van der Waals surface area contributed by atoms with Crippen molar-refractivity contribution in [1.29, 1.82) is 0 Å². The third kappa shape index (κ3) is 9.79. The van der Waals surface area contributed by atoms with Gasteiger partial charge in [-0.05, 0) is 176 Å². The Morgan fingerprint density at radius 3 is 0.726 bits per heavy atom. The Labute approximate surface area is 398 Å². The van der Waals surface area contributed by atoms with Gasteiger partial charge in [0.25, 0.3) is 0 Å². The minimum absolute atomic E-state index is 0.691. The van der Waals surface area contributed by atoms with Crippen LogP contribution in [0.5, 0.6) is 0 Å². The summed E-state index contributed by atoms with van der Waals surface area (Å²) in [6.45, 7) is 8.92. The van der Waals surface area contributed by atoms with Gasteiger partial charge in [-0.1, -0.05) is 175 Å². The molecule has 0 bridgehead atoms. The molecule has 62 heavy (non-hydrogen) atoms. The van der Waals surface area contributed by atoms with Crippen molar-refractivity contribution in [2.75, 3.05) is 0 Å². The quantitative estimate of drug-likeness (QED) is 0.0842. The SMILES string of the molecule is CCCCc1ccc(C2=C(c3ccc(CCCC)cc3)C(O)(c3ccc(I)cc3)C(c3ccc(CCCC)cc3)=C(c3ccc(CCCC)cc3)C2(O)c2ccc(I)cc2)cc1. The van der Waals surface area contributed by atoms with Gasteiger partial charge in [0.1, 0.15) is 11.2 Å². The average molecular weight is 1040 g/mol. The Kier molecular flexibility index (Phi) is 15.8. The summed E-state index contributed by atoms with van der Waals surface area (Å²) < 4.78 is 2.17. The van der Waals surface area contributed by atoms with E-state index in [0.717, 1.165) is 118 Å². The van der Waals surface area contributed by atoms with Crippen LogP contribution in [0.3, 0.4) is 0 Å². The molecule has 1 aliphatic carbocycles. The van der Waals surface area contributed by atoms with Crippen LogP contribution in [0.1, 0.15) is 135 Å². The normalized spacial score (nSPS) is 17.8. The molecule has 0 atom stereocenters. The lowest BCUT2D eigenvalue weighted by molar-refractivity contribution is 0.137. The van der Waals surface area contributed by atoms with Crippen molar-refractivity contribution in [3.05, 3.63) is 208 Å². The molecule has 1 aliphatic rings. The minimum atomic E-state index is -1.71. The van der Waals surface area contributed by atoms with E-state index in [1.807, 2.05) is 0 Å². The minimum Gasteiger partial charge on any atom is -0.376 e. The fraction of sp³-hybridized carbons (Fsp3) is 0.310. The first kappa shape index (κ1) is 46.2. The van der Waals surface area contributed by atoms with E-state index in [4.69, 9.17) is 0 Å². The van der Waals surface area contributed by atoms with Crippen molar-refractivity contribution in [1.82, 2.24) is 0 Å². The molecule has 6 aromatic rings. The van der Waals surface area contributed by atoms with Gasteiger partial charge in [-0.2, -0.15) is 0 Å². The Morgan fingerprint density at radius 1 is 0.323 bits per heavy atom. The van der Waals surface area contributed by atoms with Crippen molar-refractivity contribution in [3.8, 4) is 0 Å². The zero-order valence-corrected chi connectivity index (χ0v) is 41.3. The summed E-state index contributed by atoms with van der Waals surface area (Å²) in [6, 6.07) is 51.9. The second-order valence-electron chi connectivity index (χ2n) is 17.1. The first-order chi connectivity index (χ1) is 30.1. The van der Waals surface area contributed by atoms with Gasteiger partial charge in [-0.25, -0.2) is 0 Å². The maximum absolute atomic E-state index is 14.7. The molecule has 0 heterocycles. The molecule has 0 aromatic heterocycles. The van der Waals surface area contributed by atoms with E-state index in [0.29, 0.717) is 22.3 Å². The van der Waals surface area contributed by atoms with E-state index in [2.05, 4.69) is 218 Å². The molecule has 2 N–H and O–H groups in total. The molecule has 0 radical (unpaired) electrons. The summed E-state index contributed by atoms with van der Waals surface area (Å²) in [5.41, 5.74) is 9.45. The van der Waals surface area contributed by atoms with Gasteiger partial charge >= 0.3 is 0 Å². The summed E-state index contributed by atoms with van der Waals surface area (Å²) in [5, 5.41) is 29.4. The summed E-state index contributed by atoms with van der Waals surface area (Å²) in [6.07, 6.45) is 12.9. The molecular formula is C58H62I2O2. The monoisotopic (exact) mass is 1040 g/mol. The van der Waals surface area contributed by atoms with Crippen LogP contribution in [0, 0.1) is 7.14 Å². The highest BCUT2D eigenvalue weighted by Crippen LogP contribution is 2.64. The molecule has 2 nitrogen and oxygen atoms in total. The van der Waals surface area contributed by atoms with Crippen molar-refractivity contribution < 1.29 is 10.2 Å².